The maximum atomic E-state index is 11.5. The number of imidazole rings is 1. The monoisotopic (exact) mass is 435 g/mol. The molecule has 0 aromatic carbocycles. The predicted molar refractivity (Wildman–Crippen MR) is 109 cm³/mol. The van der Waals surface area contributed by atoms with Crippen LogP contribution in [0.5, 0.6) is 0 Å². The van der Waals surface area contributed by atoms with Gasteiger partial charge in [0.15, 0.2) is 34.1 Å². The van der Waals surface area contributed by atoms with Gasteiger partial charge in [0, 0.05) is 19.3 Å². The van der Waals surface area contributed by atoms with Crippen LogP contribution < -0.4 is 5.32 Å². The second-order valence-electron chi connectivity index (χ2n) is 8.18. The number of rotatable bonds is 5. The molecule has 0 aliphatic carbocycles. The lowest BCUT2D eigenvalue weighted by molar-refractivity contribution is -0.193. The van der Waals surface area contributed by atoms with Gasteiger partial charge in [-0.3, -0.25) is 9.36 Å². The van der Waals surface area contributed by atoms with Crippen LogP contribution >= 0.6 is 11.8 Å². The van der Waals surface area contributed by atoms with Crippen LogP contribution in [0.4, 0.5) is 5.82 Å². The number of carbonyl (C=O) groups excluding carboxylic acids is 1. The van der Waals surface area contributed by atoms with E-state index < -0.39 is 12.0 Å². The van der Waals surface area contributed by atoms with E-state index in [1.54, 1.807) is 13.3 Å². The lowest BCUT2D eigenvalue weighted by Gasteiger charge is -2.24. The van der Waals surface area contributed by atoms with Crippen LogP contribution in [0.25, 0.3) is 11.2 Å². The van der Waals surface area contributed by atoms with Gasteiger partial charge in [0.05, 0.1) is 25.1 Å². The molecule has 30 heavy (non-hydrogen) atoms. The van der Waals surface area contributed by atoms with Gasteiger partial charge in [-0.15, -0.1) is 0 Å². The highest BCUT2D eigenvalue weighted by molar-refractivity contribution is 8.13. The molecule has 3 aliphatic heterocycles. The minimum atomic E-state index is -0.725. The first-order valence-electron chi connectivity index (χ1n) is 10.1. The van der Waals surface area contributed by atoms with Gasteiger partial charge in [-0.05, 0) is 20.3 Å². The maximum Gasteiger partial charge on any atom is 0.185 e. The molecule has 3 aliphatic rings. The molecule has 0 saturated carbocycles. The summed E-state index contributed by atoms with van der Waals surface area (Å²) in [5, 5.41) is 3.44. The van der Waals surface area contributed by atoms with Crippen LogP contribution in [-0.4, -0.2) is 73.7 Å². The summed E-state index contributed by atoms with van der Waals surface area (Å²) in [4.78, 5) is 24.9. The Morgan fingerprint density at radius 1 is 1.30 bits per heavy atom. The third-order valence-electron chi connectivity index (χ3n) is 5.48. The third-order valence-corrected chi connectivity index (χ3v) is 6.38. The first-order chi connectivity index (χ1) is 14.4. The largest absolute Gasteiger partial charge is 0.379 e. The Kier molecular flexibility index (Phi) is 5.18. The lowest BCUT2D eigenvalue weighted by Crippen LogP contribution is -2.31. The predicted octanol–water partition coefficient (Wildman–Crippen LogP) is 1.72. The zero-order valence-electron chi connectivity index (χ0n) is 17.1. The van der Waals surface area contributed by atoms with Crippen molar-refractivity contribution in [3.05, 3.63) is 12.7 Å². The fourth-order valence-corrected chi connectivity index (χ4v) is 4.87. The number of thioether (sulfide) groups is 1. The summed E-state index contributed by atoms with van der Waals surface area (Å²) in [5.41, 5.74) is 1.33. The van der Waals surface area contributed by atoms with E-state index in [0.717, 1.165) is 13.0 Å². The van der Waals surface area contributed by atoms with Crippen molar-refractivity contribution >= 4 is 33.9 Å². The molecule has 3 fully saturated rings. The molecule has 0 spiro atoms. The molecule has 162 valence electrons. The average Bonchev–Trinajstić information content (AvgIpc) is 3.44. The Bertz CT molecular complexity index is 947. The van der Waals surface area contributed by atoms with Crippen molar-refractivity contribution in [3.63, 3.8) is 0 Å². The van der Waals surface area contributed by atoms with E-state index in [2.05, 4.69) is 20.3 Å². The first-order valence-corrected chi connectivity index (χ1v) is 11.1. The van der Waals surface area contributed by atoms with Gasteiger partial charge < -0.3 is 24.3 Å². The number of aromatic nitrogens is 4. The standard InChI is InChI=1S/C19H25N5O5S/c1-10(25)30-7-12-14-15(29-19(2,3)28-14)18(27-12)24-9-22-13-16(20-8-21-17(13)24)23-11-4-5-26-6-11/h8-9,11-12,14-15,18H,4-7H2,1-3H3,(H,20,21,23). The van der Waals surface area contributed by atoms with E-state index in [1.165, 1.54) is 18.1 Å². The molecule has 3 saturated heterocycles. The summed E-state index contributed by atoms with van der Waals surface area (Å²) < 4.78 is 25.9. The molecule has 0 amide bonds. The molecule has 0 bridgehead atoms. The SMILES string of the molecule is CC(=O)SCC1OC(n2cnc3c(NC4CCOC4)ncnc32)C2OC(C)(C)OC12. The topological polar surface area (TPSA) is 110 Å². The van der Waals surface area contributed by atoms with Crippen molar-refractivity contribution in [2.45, 2.75) is 63.6 Å². The molecule has 10 nitrogen and oxygen atoms in total. The van der Waals surface area contributed by atoms with E-state index in [0.29, 0.717) is 29.3 Å². The minimum Gasteiger partial charge on any atom is -0.379 e. The van der Waals surface area contributed by atoms with Gasteiger partial charge in [0.25, 0.3) is 0 Å². The minimum absolute atomic E-state index is 0.0456. The van der Waals surface area contributed by atoms with E-state index in [4.69, 9.17) is 18.9 Å². The van der Waals surface area contributed by atoms with Crippen molar-refractivity contribution in [2.75, 3.05) is 24.3 Å². The summed E-state index contributed by atoms with van der Waals surface area (Å²) >= 11 is 1.23. The lowest BCUT2D eigenvalue weighted by atomic mass is 10.1. The number of hydrogen-bond acceptors (Lipinski definition) is 10. The van der Waals surface area contributed by atoms with Crippen molar-refractivity contribution in [2.24, 2.45) is 0 Å². The number of anilines is 1. The highest BCUT2D eigenvalue weighted by atomic mass is 32.2. The van der Waals surface area contributed by atoms with E-state index in [-0.39, 0.29) is 29.5 Å². The Labute approximate surface area is 178 Å². The van der Waals surface area contributed by atoms with Crippen molar-refractivity contribution in [1.82, 2.24) is 19.5 Å². The van der Waals surface area contributed by atoms with Crippen LogP contribution in [0.3, 0.4) is 0 Å². The zero-order valence-corrected chi connectivity index (χ0v) is 17.9. The van der Waals surface area contributed by atoms with Crippen LogP contribution in [0.15, 0.2) is 12.7 Å². The molecule has 2 aromatic rings. The Hall–Kier alpha value is -1.79. The van der Waals surface area contributed by atoms with Crippen molar-refractivity contribution < 1.29 is 23.7 Å². The van der Waals surface area contributed by atoms with Gasteiger partial charge in [-0.25, -0.2) is 15.0 Å². The highest BCUT2D eigenvalue weighted by Crippen LogP contribution is 2.44. The van der Waals surface area contributed by atoms with Crippen molar-refractivity contribution in [3.8, 4) is 0 Å². The number of carbonyl (C=O) groups is 1. The van der Waals surface area contributed by atoms with Gasteiger partial charge in [0.2, 0.25) is 0 Å². The molecule has 1 N–H and O–H groups in total. The molecular formula is C19H25N5O5S. The number of nitrogens with zero attached hydrogens (tertiary/aromatic N) is 4. The molecule has 11 heteroatoms. The second kappa shape index (κ2) is 7.72. The molecule has 2 aromatic heterocycles. The number of nitrogens with one attached hydrogen (secondary N) is 1. The number of hydrogen-bond donors (Lipinski definition) is 1. The molecule has 0 radical (unpaired) electrons. The van der Waals surface area contributed by atoms with E-state index in [1.807, 2.05) is 18.4 Å². The smallest absolute Gasteiger partial charge is 0.185 e. The van der Waals surface area contributed by atoms with Crippen LogP contribution in [0.1, 0.15) is 33.4 Å². The Morgan fingerprint density at radius 3 is 2.90 bits per heavy atom. The average molecular weight is 436 g/mol. The van der Waals surface area contributed by atoms with Crippen LogP contribution in [-0.2, 0) is 23.7 Å². The molecule has 5 heterocycles. The summed E-state index contributed by atoms with van der Waals surface area (Å²) in [6.45, 7) is 6.72. The van der Waals surface area contributed by atoms with Gasteiger partial charge in [0.1, 0.15) is 18.5 Å². The first kappa shape index (κ1) is 20.1. The normalized spacial score (nSPS) is 32.6. The van der Waals surface area contributed by atoms with Gasteiger partial charge in [-0.2, -0.15) is 0 Å². The van der Waals surface area contributed by atoms with Gasteiger partial charge >= 0.3 is 0 Å². The fourth-order valence-electron chi connectivity index (χ4n) is 4.20. The molecule has 5 unspecified atom stereocenters. The van der Waals surface area contributed by atoms with Crippen LogP contribution in [0.2, 0.25) is 0 Å². The molecule has 5 atom stereocenters. The quantitative estimate of drug-likeness (QED) is 0.745. The maximum absolute atomic E-state index is 11.5. The van der Waals surface area contributed by atoms with E-state index in [9.17, 15) is 4.79 Å². The molecular weight excluding hydrogens is 410 g/mol. The highest BCUT2D eigenvalue weighted by Gasteiger charge is 2.56. The molecule has 5 rings (SSSR count). The summed E-state index contributed by atoms with van der Waals surface area (Å²) in [5.74, 6) is 0.455. The number of ether oxygens (including phenoxy) is 4. The second-order valence-corrected chi connectivity index (χ2v) is 9.38. The van der Waals surface area contributed by atoms with Crippen LogP contribution in [0, 0.1) is 0 Å². The number of fused-ring (bicyclic) bond motifs is 2. The summed E-state index contributed by atoms with van der Waals surface area (Å²) in [7, 11) is 0. The summed E-state index contributed by atoms with van der Waals surface area (Å²) in [6, 6.07) is 0.209. The van der Waals surface area contributed by atoms with Gasteiger partial charge in [-0.1, -0.05) is 11.8 Å². The third kappa shape index (κ3) is 3.69. The Morgan fingerprint density at radius 2 is 2.13 bits per heavy atom. The zero-order chi connectivity index (χ0) is 20.9. The van der Waals surface area contributed by atoms with E-state index >= 15 is 0 Å². The fraction of sp³-hybridized carbons (Fsp3) is 0.684. The van der Waals surface area contributed by atoms with Crippen molar-refractivity contribution in [1.29, 1.82) is 0 Å². The summed E-state index contributed by atoms with van der Waals surface area (Å²) in [6.07, 6.45) is 2.81. The Balaban J connectivity index is 1.44.